The molecule has 2 fully saturated rings. The Labute approximate surface area is 217 Å². The summed E-state index contributed by atoms with van der Waals surface area (Å²) in [6.45, 7) is 2.80. The molecule has 4 rings (SSSR count). The molecule has 0 spiro atoms. The highest BCUT2D eigenvalue weighted by Gasteiger charge is 2.58. The van der Waals surface area contributed by atoms with Crippen LogP contribution in [0.4, 0.5) is 13.2 Å². The lowest BCUT2D eigenvalue weighted by molar-refractivity contribution is -0.185. The fourth-order valence-corrected chi connectivity index (χ4v) is 4.74. The highest BCUT2D eigenvalue weighted by atomic mass is 19.4. The van der Waals surface area contributed by atoms with Crippen molar-refractivity contribution in [1.82, 2.24) is 5.32 Å². The van der Waals surface area contributed by atoms with Gasteiger partial charge in [-0.3, -0.25) is 4.79 Å². The molecule has 1 saturated carbocycles. The SMILES string of the molecule is COC(=O)COC1C[C@](OCc2cccc(C(F)(F)F)c2)(C(=O)NCc2ccco2)C[C@H]2OC(C)(C)O[C@@H]12. The summed E-state index contributed by atoms with van der Waals surface area (Å²) < 4.78 is 73.7. The summed E-state index contributed by atoms with van der Waals surface area (Å²) in [7, 11) is 1.22. The second-order valence-corrected chi connectivity index (χ2v) is 9.72. The topological polar surface area (TPSA) is 105 Å². The third-order valence-electron chi connectivity index (χ3n) is 6.48. The minimum absolute atomic E-state index is 0.0438. The lowest BCUT2D eigenvalue weighted by Gasteiger charge is -2.43. The highest BCUT2D eigenvalue weighted by Crippen LogP contribution is 2.44. The van der Waals surface area contributed by atoms with Crippen LogP contribution < -0.4 is 5.32 Å². The number of carbonyl (C=O) groups excluding carboxylic acids is 2. The quantitative estimate of drug-likeness (QED) is 0.479. The van der Waals surface area contributed by atoms with Gasteiger partial charge in [-0.25, -0.2) is 4.79 Å². The average molecular weight is 542 g/mol. The Morgan fingerprint density at radius 3 is 2.61 bits per heavy atom. The summed E-state index contributed by atoms with van der Waals surface area (Å²) >= 11 is 0. The van der Waals surface area contributed by atoms with Crippen molar-refractivity contribution in [3.05, 3.63) is 59.5 Å². The second-order valence-electron chi connectivity index (χ2n) is 9.72. The smallest absolute Gasteiger partial charge is 0.416 e. The van der Waals surface area contributed by atoms with Crippen LogP contribution in [0.25, 0.3) is 0 Å². The molecule has 12 heteroatoms. The van der Waals surface area contributed by atoms with Crippen LogP contribution in [-0.4, -0.2) is 55.3 Å². The first-order valence-electron chi connectivity index (χ1n) is 12.1. The number of amides is 1. The van der Waals surface area contributed by atoms with E-state index in [4.69, 9.17) is 23.4 Å². The molecule has 1 saturated heterocycles. The van der Waals surface area contributed by atoms with Crippen molar-refractivity contribution in [3.8, 4) is 0 Å². The lowest BCUT2D eigenvalue weighted by atomic mass is 9.78. The van der Waals surface area contributed by atoms with Gasteiger partial charge in [0.15, 0.2) is 11.4 Å². The Morgan fingerprint density at radius 2 is 1.92 bits per heavy atom. The van der Waals surface area contributed by atoms with Gasteiger partial charge < -0.3 is 33.4 Å². The normalized spacial score (nSPS) is 26.5. The summed E-state index contributed by atoms with van der Waals surface area (Å²) in [5.41, 5.74) is -2.17. The van der Waals surface area contributed by atoms with E-state index in [0.29, 0.717) is 5.76 Å². The van der Waals surface area contributed by atoms with Gasteiger partial charge in [0.1, 0.15) is 18.5 Å². The number of alkyl halides is 3. The molecule has 1 aromatic carbocycles. The predicted octanol–water partition coefficient (Wildman–Crippen LogP) is 3.74. The van der Waals surface area contributed by atoms with Crippen molar-refractivity contribution in [2.75, 3.05) is 13.7 Å². The van der Waals surface area contributed by atoms with E-state index in [9.17, 15) is 22.8 Å². The van der Waals surface area contributed by atoms with Crippen molar-refractivity contribution in [1.29, 1.82) is 0 Å². The number of furan rings is 1. The van der Waals surface area contributed by atoms with Gasteiger partial charge in [0, 0.05) is 12.8 Å². The third-order valence-corrected chi connectivity index (χ3v) is 6.48. The maximum absolute atomic E-state index is 13.7. The monoisotopic (exact) mass is 541 g/mol. The first-order valence-corrected chi connectivity index (χ1v) is 12.1. The van der Waals surface area contributed by atoms with E-state index in [1.807, 2.05) is 0 Å². The minimum atomic E-state index is -4.53. The summed E-state index contributed by atoms with van der Waals surface area (Å²) in [6.07, 6.45) is -5.15. The molecule has 208 valence electrons. The molecule has 1 unspecified atom stereocenters. The van der Waals surface area contributed by atoms with Gasteiger partial charge in [0.25, 0.3) is 5.91 Å². The summed E-state index contributed by atoms with van der Waals surface area (Å²) in [4.78, 5) is 25.4. The van der Waals surface area contributed by atoms with E-state index in [0.717, 1.165) is 12.1 Å². The average Bonchev–Trinajstić information content (AvgIpc) is 3.50. The molecule has 38 heavy (non-hydrogen) atoms. The summed E-state index contributed by atoms with van der Waals surface area (Å²) in [5, 5.41) is 2.78. The number of hydrogen-bond donors (Lipinski definition) is 1. The number of esters is 1. The van der Waals surface area contributed by atoms with Gasteiger partial charge in [0.05, 0.1) is 44.3 Å². The first-order chi connectivity index (χ1) is 17.9. The molecule has 2 aliphatic rings. The van der Waals surface area contributed by atoms with Crippen LogP contribution in [0.1, 0.15) is 43.6 Å². The molecule has 9 nitrogen and oxygen atoms in total. The van der Waals surface area contributed by atoms with Crippen molar-refractivity contribution in [2.24, 2.45) is 0 Å². The van der Waals surface area contributed by atoms with E-state index in [1.54, 1.807) is 26.0 Å². The van der Waals surface area contributed by atoms with Crippen molar-refractivity contribution in [2.45, 2.75) is 75.7 Å². The molecule has 1 aliphatic heterocycles. The van der Waals surface area contributed by atoms with Crippen LogP contribution in [0.3, 0.4) is 0 Å². The summed E-state index contributed by atoms with van der Waals surface area (Å²) in [5.74, 6) is -1.65. The first kappa shape index (κ1) is 28.1. The molecule has 1 aliphatic carbocycles. The zero-order valence-electron chi connectivity index (χ0n) is 21.2. The maximum Gasteiger partial charge on any atom is 0.416 e. The molecule has 0 radical (unpaired) electrons. The van der Waals surface area contributed by atoms with Gasteiger partial charge in [-0.1, -0.05) is 12.1 Å². The number of carbonyl (C=O) groups is 2. The number of rotatable bonds is 9. The fourth-order valence-electron chi connectivity index (χ4n) is 4.74. The van der Waals surface area contributed by atoms with Crippen LogP contribution in [0.15, 0.2) is 47.1 Å². The molecule has 4 atom stereocenters. The molecule has 2 heterocycles. The number of methoxy groups -OCH3 is 1. The number of fused-ring (bicyclic) bond motifs is 1. The standard InChI is InChI=1S/C26H30F3NO8/c1-24(2)37-20-12-25(23(32)30-13-18-8-5-9-34-18,11-19(22(20)38-24)35-15-21(31)33-3)36-14-16-6-4-7-17(10-16)26(27,28)29/h4-10,19-20,22H,11-15H2,1-3H3,(H,30,32)/t19?,20-,22+,25-/m1/s1. The molecule has 1 aromatic heterocycles. The second kappa shape index (κ2) is 11.0. The summed E-state index contributed by atoms with van der Waals surface area (Å²) in [6, 6.07) is 8.06. The van der Waals surface area contributed by atoms with E-state index in [-0.39, 0.29) is 31.6 Å². The third kappa shape index (κ3) is 6.55. The Morgan fingerprint density at radius 1 is 1.13 bits per heavy atom. The van der Waals surface area contributed by atoms with Crippen LogP contribution in [0.2, 0.25) is 0 Å². The number of benzene rings is 1. The number of hydrogen-bond acceptors (Lipinski definition) is 8. The highest BCUT2D eigenvalue weighted by molar-refractivity contribution is 5.85. The van der Waals surface area contributed by atoms with E-state index < -0.39 is 59.9 Å². The zero-order valence-corrected chi connectivity index (χ0v) is 21.2. The molecule has 1 N–H and O–H groups in total. The lowest BCUT2D eigenvalue weighted by Crippen LogP contribution is -2.60. The Hall–Kier alpha value is -2.93. The minimum Gasteiger partial charge on any atom is -0.467 e. The largest absolute Gasteiger partial charge is 0.467 e. The number of nitrogens with one attached hydrogen (secondary N) is 1. The molecular formula is C26H30F3NO8. The van der Waals surface area contributed by atoms with Crippen molar-refractivity contribution < 1.29 is 50.9 Å². The number of halogens is 3. The van der Waals surface area contributed by atoms with Gasteiger partial charge in [0.2, 0.25) is 0 Å². The molecule has 0 bridgehead atoms. The zero-order chi connectivity index (χ0) is 27.6. The van der Waals surface area contributed by atoms with Gasteiger partial charge in [-0.15, -0.1) is 0 Å². The van der Waals surface area contributed by atoms with E-state index in [1.165, 1.54) is 25.5 Å². The molecule has 1 amide bonds. The molecule has 2 aromatic rings. The van der Waals surface area contributed by atoms with Gasteiger partial charge in [-0.2, -0.15) is 13.2 Å². The van der Waals surface area contributed by atoms with Gasteiger partial charge in [-0.05, 0) is 43.7 Å². The predicted molar refractivity (Wildman–Crippen MR) is 124 cm³/mol. The van der Waals surface area contributed by atoms with Crippen molar-refractivity contribution in [3.63, 3.8) is 0 Å². The van der Waals surface area contributed by atoms with E-state index >= 15 is 0 Å². The van der Waals surface area contributed by atoms with Crippen LogP contribution >= 0.6 is 0 Å². The maximum atomic E-state index is 13.7. The Kier molecular flexibility index (Phi) is 8.17. The van der Waals surface area contributed by atoms with Crippen LogP contribution in [0, 0.1) is 0 Å². The Balaban J connectivity index is 1.61. The number of ether oxygens (including phenoxy) is 5. The van der Waals surface area contributed by atoms with Crippen LogP contribution in [-0.2, 0) is 52.6 Å². The fraction of sp³-hybridized carbons (Fsp3) is 0.538. The van der Waals surface area contributed by atoms with Crippen molar-refractivity contribution >= 4 is 11.9 Å². The van der Waals surface area contributed by atoms with E-state index in [2.05, 4.69) is 10.1 Å². The Bertz CT molecular complexity index is 1120. The molecular weight excluding hydrogens is 511 g/mol. The van der Waals surface area contributed by atoms with Crippen LogP contribution in [0.5, 0.6) is 0 Å². The van der Waals surface area contributed by atoms with Gasteiger partial charge >= 0.3 is 12.1 Å².